The van der Waals surface area contributed by atoms with Crippen LogP contribution in [-0.4, -0.2) is 39.8 Å². The summed E-state index contributed by atoms with van der Waals surface area (Å²) >= 11 is 5.70. The van der Waals surface area contributed by atoms with Gasteiger partial charge in [-0.15, -0.1) is 0 Å². The Kier molecular flexibility index (Phi) is 5.01. The summed E-state index contributed by atoms with van der Waals surface area (Å²) in [6.45, 7) is 1.77. The van der Waals surface area contributed by atoms with E-state index in [2.05, 4.69) is 5.32 Å². The fourth-order valence-electron chi connectivity index (χ4n) is 1.95. The van der Waals surface area contributed by atoms with E-state index in [9.17, 15) is 13.2 Å². The number of sulfone groups is 1. The third-order valence-electron chi connectivity index (χ3n) is 3.11. The van der Waals surface area contributed by atoms with Crippen molar-refractivity contribution in [2.45, 2.75) is 11.3 Å². The fourth-order valence-corrected chi connectivity index (χ4v) is 3.24. The number of halogens is 1. The molecule has 1 aliphatic heterocycles. The number of carbonyl (C=O) groups excluding carboxylic acids is 1. The summed E-state index contributed by atoms with van der Waals surface area (Å²) in [6.07, 6.45) is 0.893. The monoisotopic (exact) mass is 317 g/mol. The van der Waals surface area contributed by atoms with Gasteiger partial charge in [-0.25, -0.2) is 8.42 Å². The lowest BCUT2D eigenvalue weighted by molar-refractivity contribution is -0.118. The molecule has 0 aliphatic carbocycles. The number of carbonyl (C=O) groups is 1. The van der Waals surface area contributed by atoms with Crippen LogP contribution in [0.4, 0.5) is 0 Å². The number of ether oxygens (including phenoxy) is 1. The van der Waals surface area contributed by atoms with E-state index in [0.717, 1.165) is 6.42 Å². The van der Waals surface area contributed by atoms with Gasteiger partial charge < -0.3 is 10.1 Å². The van der Waals surface area contributed by atoms with E-state index < -0.39 is 21.5 Å². The Morgan fingerprint density at radius 1 is 1.35 bits per heavy atom. The molecule has 0 saturated carbocycles. The van der Waals surface area contributed by atoms with Crippen LogP contribution in [0.5, 0.6) is 0 Å². The molecule has 110 valence electrons. The Bertz CT molecular complexity index is 565. The minimum absolute atomic E-state index is 0.0984. The van der Waals surface area contributed by atoms with Crippen molar-refractivity contribution in [3.8, 4) is 0 Å². The minimum Gasteiger partial charge on any atom is -0.381 e. The Hall–Kier alpha value is -1.11. The Morgan fingerprint density at radius 2 is 2.05 bits per heavy atom. The fraction of sp³-hybridized carbons (Fsp3) is 0.462. The third kappa shape index (κ3) is 4.19. The predicted molar refractivity (Wildman–Crippen MR) is 75.4 cm³/mol. The maximum atomic E-state index is 12.0. The zero-order valence-electron chi connectivity index (χ0n) is 10.8. The van der Waals surface area contributed by atoms with E-state index in [-0.39, 0.29) is 10.8 Å². The van der Waals surface area contributed by atoms with Crippen LogP contribution < -0.4 is 5.32 Å². The standard InChI is InChI=1S/C13H16ClNO4S/c14-11-1-3-12(4-2-11)20(17,18)9-13(16)15-7-10-5-6-19-8-10/h1-4,10H,5-9H2,(H,15,16)/t10-/m0/s1. The zero-order chi connectivity index (χ0) is 14.6. The first-order valence-corrected chi connectivity index (χ1v) is 8.33. The first-order valence-electron chi connectivity index (χ1n) is 6.30. The van der Waals surface area contributed by atoms with Crippen LogP contribution in [0.3, 0.4) is 0 Å². The Balaban J connectivity index is 1.90. The van der Waals surface area contributed by atoms with Crippen molar-refractivity contribution in [2.75, 3.05) is 25.5 Å². The molecule has 1 aromatic rings. The van der Waals surface area contributed by atoms with Crippen molar-refractivity contribution in [3.05, 3.63) is 29.3 Å². The third-order valence-corrected chi connectivity index (χ3v) is 4.99. The van der Waals surface area contributed by atoms with Crippen LogP contribution in [0.1, 0.15) is 6.42 Å². The second-order valence-corrected chi connectivity index (χ2v) is 7.17. The molecule has 1 amide bonds. The number of benzene rings is 1. The molecular weight excluding hydrogens is 302 g/mol. The molecule has 2 rings (SSSR count). The molecule has 0 spiro atoms. The Morgan fingerprint density at radius 3 is 2.65 bits per heavy atom. The molecule has 5 nitrogen and oxygen atoms in total. The van der Waals surface area contributed by atoms with Gasteiger partial charge >= 0.3 is 0 Å². The molecule has 0 bridgehead atoms. The molecule has 1 aromatic carbocycles. The van der Waals surface area contributed by atoms with E-state index >= 15 is 0 Å². The number of hydrogen-bond donors (Lipinski definition) is 1. The molecule has 0 aromatic heterocycles. The highest BCUT2D eigenvalue weighted by Gasteiger charge is 2.21. The van der Waals surface area contributed by atoms with E-state index in [1.165, 1.54) is 24.3 Å². The number of rotatable bonds is 5. The van der Waals surface area contributed by atoms with Gasteiger partial charge in [0.15, 0.2) is 9.84 Å². The van der Waals surface area contributed by atoms with Gasteiger partial charge in [0.1, 0.15) is 5.75 Å². The van der Waals surface area contributed by atoms with Crippen molar-refractivity contribution in [1.29, 1.82) is 0 Å². The highest BCUT2D eigenvalue weighted by atomic mass is 35.5. The summed E-state index contributed by atoms with van der Waals surface area (Å²) in [5, 5.41) is 3.09. The lowest BCUT2D eigenvalue weighted by Crippen LogP contribution is -2.34. The summed E-state index contributed by atoms with van der Waals surface area (Å²) < 4.78 is 29.2. The van der Waals surface area contributed by atoms with Gasteiger partial charge in [-0.1, -0.05) is 11.6 Å². The van der Waals surface area contributed by atoms with E-state index in [1.807, 2.05) is 0 Å². The summed E-state index contributed by atoms with van der Waals surface area (Å²) in [5.41, 5.74) is 0. The lowest BCUT2D eigenvalue weighted by atomic mass is 10.1. The molecule has 1 saturated heterocycles. The van der Waals surface area contributed by atoms with Crippen molar-refractivity contribution < 1.29 is 17.9 Å². The highest BCUT2D eigenvalue weighted by molar-refractivity contribution is 7.92. The molecule has 7 heteroatoms. The number of amides is 1. The topological polar surface area (TPSA) is 72.5 Å². The molecule has 0 unspecified atom stereocenters. The molecule has 1 atom stereocenters. The smallest absolute Gasteiger partial charge is 0.235 e. The second-order valence-electron chi connectivity index (χ2n) is 4.75. The van der Waals surface area contributed by atoms with Crippen molar-refractivity contribution in [3.63, 3.8) is 0 Å². The van der Waals surface area contributed by atoms with Gasteiger partial charge in [-0.3, -0.25) is 4.79 Å². The largest absolute Gasteiger partial charge is 0.381 e. The SMILES string of the molecule is O=C(CS(=O)(=O)c1ccc(Cl)cc1)NC[C@@H]1CCOC1. The van der Waals surface area contributed by atoms with Crippen molar-refractivity contribution >= 4 is 27.3 Å². The normalized spacial score (nSPS) is 18.9. The van der Waals surface area contributed by atoms with Crippen molar-refractivity contribution in [2.24, 2.45) is 5.92 Å². The van der Waals surface area contributed by atoms with Crippen LogP contribution in [0.2, 0.25) is 5.02 Å². The predicted octanol–water partition coefficient (Wildman–Crippen LogP) is 1.27. The van der Waals surface area contributed by atoms with Gasteiger partial charge in [-0.05, 0) is 30.7 Å². The van der Waals surface area contributed by atoms with Crippen LogP contribution in [0, 0.1) is 5.92 Å². The van der Waals surface area contributed by atoms with Gasteiger partial charge in [-0.2, -0.15) is 0 Å². The van der Waals surface area contributed by atoms with Crippen molar-refractivity contribution in [1.82, 2.24) is 5.32 Å². The van der Waals surface area contributed by atoms with E-state index in [0.29, 0.717) is 24.8 Å². The maximum Gasteiger partial charge on any atom is 0.235 e. The van der Waals surface area contributed by atoms with Crippen LogP contribution in [0.15, 0.2) is 29.2 Å². The average Bonchev–Trinajstić information content (AvgIpc) is 2.89. The minimum atomic E-state index is -3.62. The summed E-state index contributed by atoms with van der Waals surface area (Å²) in [7, 11) is -3.62. The Labute approximate surface area is 123 Å². The molecule has 20 heavy (non-hydrogen) atoms. The van der Waals surface area contributed by atoms with Crippen LogP contribution in [-0.2, 0) is 19.4 Å². The lowest BCUT2D eigenvalue weighted by Gasteiger charge is -2.10. The highest BCUT2D eigenvalue weighted by Crippen LogP contribution is 2.15. The molecule has 1 heterocycles. The maximum absolute atomic E-state index is 12.0. The van der Waals surface area contributed by atoms with Gasteiger partial charge in [0.25, 0.3) is 0 Å². The zero-order valence-corrected chi connectivity index (χ0v) is 12.4. The average molecular weight is 318 g/mol. The molecule has 0 radical (unpaired) electrons. The van der Waals surface area contributed by atoms with E-state index in [4.69, 9.17) is 16.3 Å². The summed E-state index contributed by atoms with van der Waals surface area (Å²) in [4.78, 5) is 11.8. The quantitative estimate of drug-likeness (QED) is 0.887. The van der Waals surface area contributed by atoms with Gasteiger partial charge in [0, 0.05) is 24.1 Å². The number of nitrogens with one attached hydrogen (secondary N) is 1. The summed E-state index contributed by atoms with van der Waals surface area (Å²) in [5.74, 6) is -0.772. The first-order chi connectivity index (χ1) is 9.47. The van der Waals surface area contributed by atoms with Crippen LogP contribution in [0.25, 0.3) is 0 Å². The molecule has 1 aliphatic rings. The molecule has 1 fully saturated rings. The summed E-state index contributed by atoms with van der Waals surface area (Å²) in [6, 6.07) is 5.77. The second kappa shape index (κ2) is 6.56. The molecular formula is C13H16ClNO4S. The van der Waals surface area contributed by atoms with E-state index in [1.54, 1.807) is 0 Å². The van der Waals surface area contributed by atoms with Gasteiger partial charge in [0.05, 0.1) is 11.5 Å². The van der Waals surface area contributed by atoms with Gasteiger partial charge in [0.2, 0.25) is 5.91 Å². The van der Waals surface area contributed by atoms with Crippen LogP contribution >= 0.6 is 11.6 Å². The first kappa shape index (κ1) is 15.3. The number of hydrogen-bond acceptors (Lipinski definition) is 4. The molecule has 1 N–H and O–H groups in total.